The number of rotatable bonds is 3. The maximum atomic E-state index is 13.2. The van der Waals surface area contributed by atoms with Gasteiger partial charge in [0.1, 0.15) is 0 Å². The summed E-state index contributed by atoms with van der Waals surface area (Å²) in [6, 6.07) is 7.23. The normalized spacial score (nSPS) is 12.6. The minimum atomic E-state index is -4.59. The molecule has 126 valence electrons. The average Bonchev–Trinajstić information content (AvgIpc) is 3.26. The largest absolute Gasteiger partial charge is 0.435 e. The number of carbonyl (C=O) groups excluding carboxylic acids is 1. The number of para-hydroxylation sites is 1. The molecule has 1 N–H and O–H groups in total. The van der Waals surface area contributed by atoms with Crippen LogP contribution in [-0.2, 0) is 6.18 Å². The van der Waals surface area contributed by atoms with Crippen molar-refractivity contribution in [2.24, 2.45) is 0 Å². The fourth-order valence-corrected chi connectivity index (χ4v) is 3.41. The summed E-state index contributed by atoms with van der Waals surface area (Å²) in [7, 11) is 0. The Kier molecular flexibility index (Phi) is 3.50. The Labute approximate surface area is 143 Å². The zero-order chi connectivity index (χ0) is 17.6. The highest BCUT2D eigenvalue weighted by Crippen LogP contribution is 2.33. The topological polar surface area (TPSA) is 50.2 Å². The van der Waals surface area contributed by atoms with E-state index in [-0.39, 0.29) is 16.4 Å². The second-order valence-electron chi connectivity index (χ2n) is 5.34. The van der Waals surface area contributed by atoms with E-state index in [0.717, 1.165) is 28.3 Å². The molecule has 0 bridgehead atoms. The summed E-state index contributed by atoms with van der Waals surface area (Å²) in [6.45, 7) is 0. The van der Waals surface area contributed by atoms with Crippen molar-refractivity contribution < 1.29 is 18.0 Å². The predicted octanol–water partition coefficient (Wildman–Crippen LogP) is 4.79. The van der Waals surface area contributed by atoms with Crippen molar-refractivity contribution in [1.82, 2.24) is 14.4 Å². The van der Waals surface area contributed by atoms with Crippen LogP contribution in [0.4, 0.5) is 13.2 Å². The van der Waals surface area contributed by atoms with Crippen LogP contribution in [0.25, 0.3) is 21.9 Å². The van der Waals surface area contributed by atoms with Crippen LogP contribution in [0.15, 0.2) is 48.1 Å². The number of H-pyrrole nitrogens is 1. The number of hydrogen-bond donors (Lipinski definition) is 1. The molecule has 0 spiro atoms. The van der Waals surface area contributed by atoms with Gasteiger partial charge >= 0.3 is 6.18 Å². The summed E-state index contributed by atoms with van der Waals surface area (Å²) < 4.78 is 40.9. The first-order valence-corrected chi connectivity index (χ1v) is 8.14. The minimum Gasteiger partial charge on any atom is -0.360 e. The predicted molar refractivity (Wildman–Crippen MR) is 89.7 cm³/mol. The molecule has 0 aliphatic heterocycles. The number of alkyl halides is 3. The van der Waals surface area contributed by atoms with Gasteiger partial charge in [0.25, 0.3) is 0 Å². The summed E-state index contributed by atoms with van der Waals surface area (Å²) in [6.07, 6.45) is 0.775. The Morgan fingerprint density at radius 3 is 2.88 bits per heavy atom. The Hall–Kier alpha value is -2.87. The van der Waals surface area contributed by atoms with Crippen LogP contribution < -0.4 is 0 Å². The average molecular weight is 361 g/mol. The van der Waals surface area contributed by atoms with Gasteiger partial charge in [-0.15, -0.1) is 11.3 Å². The van der Waals surface area contributed by atoms with Crippen molar-refractivity contribution in [2.75, 3.05) is 0 Å². The second-order valence-corrected chi connectivity index (χ2v) is 6.22. The van der Waals surface area contributed by atoms with Crippen LogP contribution in [-0.4, -0.2) is 20.2 Å². The molecular weight excluding hydrogens is 351 g/mol. The Morgan fingerprint density at radius 1 is 1.28 bits per heavy atom. The number of benzene rings is 1. The molecule has 3 aromatic heterocycles. The Balaban J connectivity index is 1.76. The molecule has 25 heavy (non-hydrogen) atoms. The smallest absolute Gasteiger partial charge is 0.360 e. The summed E-state index contributed by atoms with van der Waals surface area (Å²) in [5, 5.41) is 2.36. The maximum absolute atomic E-state index is 13.2. The number of allylic oxidation sites excluding steroid dienone is 1. The molecule has 1 aromatic carbocycles. The first-order valence-electron chi connectivity index (χ1n) is 7.26. The first kappa shape index (κ1) is 15.6. The van der Waals surface area contributed by atoms with E-state index in [1.54, 1.807) is 23.7 Å². The number of ketones is 1. The van der Waals surface area contributed by atoms with Crippen LogP contribution in [0.1, 0.15) is 21.7 Å². The Morgan fingerprint density at radius 2 is 2.08 bits per heavy atom. The van der Waals surface area contributed by atoms with Crippen LogP contribution in [0.3, 0.4) is 0 Å². The number of aromatic nitrogens is 3. The summed E-state index contributed by atoms with van der Waals surface area (Å²) in [5.41, 5.74) is 0.0468. The molecule has 0 radical (unpaired) electrons. The molecule has 0 aliphatic carbocycles. The van der Waals surface area contributed by atoms with E-state index < -0.39 is 11.9 Å². The highest BCUT2D eigenvalue weighted by atomic mass is 32.1. The van der Waals surface area contributed by atoms with E-state index >= 15 is 0 Å². The van der Waals surface area contributed by atoms with Gasteiger partial charge in [-0.3, -0.25) is 9.20 Å². The van der Waals surface area contributed by atoms with Gasteiger partial charge in [0.05, 0.1) is 5.69 Å². The van der Waals surface area contributed by atoms with Crippen molar-refractivity contribution in [1.29, 1.82) is 0 Å². The lowest BCUT2D eigenvalue weighted by molar-refractivity contribution is -0.140. The van der Waals surface area contributed by atoms with Gasteiger partial charge in [-0.1, -0.05) is 18.2 Å². The number of nitrogens with one attached hydrogen (secondary N) is 1. The van der Waals surface area contributed by atoms with Gasteiger partial charge < -0.3 is 4.98 Å². The molecule has 0 saturated carbocycles. The molecule has 4 rings (SSSR count). The number of fused-ring (bicyclic) bond motifs is 2. The zero-order valence-corrected chi connectivity index (χ0v) is 13.4. The molecule has 0 amide bonds. The van der Waals surface area contributed by atoms with Crippen molar-refractivity contribution >= 4 is 39.1 Å². The van der Waals surface area contributed by atoms with Crippen molar-refractivity contribution in [3.8, 4) is 0 Å². The van der Waals surface area contributed by atoms with Gasteiger partial charge in [-0.05, 0) is 18.2 Å². The lowest BCUT2D eigenvalue weighted by Gasteiger charge is -2.03. The van der Waals surface area contributed by atoms with Crippen molar-refractivity contribution in [2.45, 2.75) is 6.18 Å². The fourth-order valence-electron chi connectivity index (χ4n) is 2.69. The molecule has 0 fully saturated rings. The number of halogens is 3. The standard InChI is InChI=1S/C17H10F3N3OS/c18-17(19,20)15-13(23-7-8-25-16(23)22-15)5-6-14(24)11-9-21-12-4-2-1-3-10(11)12/h1-9,21H/b6-5+. The molecule has 3 heterocycles. The van der Waals surface area contributed by atoms with Crippen LogP contribution >= 0.6 is 11.3 Å². The van der Waals surface area contributed by atoms with Crippen molar-refractivity contribution in [3.05, 3.63) is 65.1 Å². The molecule has 0 unspecified atom stereocenters. The van der Waals surface area contributed by atoms with Crippen LogP contribution in [0.5, 0.6) is 0 Å². The van der Waals surface area contributed by atoms with E-state index in [0.29, 0.717) is 5.56 Å². The van der Waals surface area contributed by atoms with Gasteiger partial charge in [-0.2, -0.15) is 13.2 Å². The molecule has 4 nitrogen and oxygen atoms in total. The van der Waals surface area contributed by atoms with Crippen LogP contribution in [0.2, 0.25) is 0 Å². The lowest BCUT2D eigenvalue weighted by atomic mass is 10.1. The number of imidazole rings is 1. The third kappa shape index (κ3) is 2.64. The minimum absolute atomic E-state index is 0.156. The van der Waals surface area contributed by atoms with Gasteiger partial charge in [-0.25, -0.2) is 4.98 Å². The number of hydrogen-bond acceptors (Lipinski definition) is 3. The second kappa shape index (κ2) is 5.59. The number of nitrogens with zero attached hydrogens (tertiary/aromatic N) is 2. The molecule has 4 aromatic rings. The number of aromatic amines is 1. The van der Waals surface area contributed by atoms with Gasteiger partial charge in [0.15, 0.2) is 16.4 Å². The van der Waals surface area contributed by atoms with E-state index in [1.807, 2.05) is 12.1 Å². The maximum Gasteiger partial charge on any atom is 0.435 e. The molecule has 0 atom stereocenters. The van der Waals surface area contributed by atoms with Crippen LogP contribution in [0, 0.1) is 0 Å². The number of thiazole rings is 1. The van der Waals surface area contributed by atoms with E-state index in [1.165, 1.54) is 16.7 Å². The summed E-state index contributed by atoms with van der Waals surface area (Å²) >= 11 is 1.10. The summed E-state index contributed by atoms with van der Waals surface area (Å²) in [5.74, 6) is -0.379. The first-order chi connectivity index (χ1) is 11.9. The monoisotopic (exact) mass is 361 g/mol. The third-order valence-electron chi connectivity index (χ3n) is 3.81. The van der Waals surface area contributed by atoms with Crippen molar-refractivity contribution in [3.63, 3.8) is 0 Å². The molecular formula is C17H10F3N3OS. The quantitative estimate of drug-likeness (QED) is 0.421. The van der Waals surface area contributed by atoms with E-state index in [9.17, 15) is 18.0 Å². The molecule has 0 aliphatic rings. The highest BCUT2D eigenvalue weighted by Gasteiger charge is 2.37. The summed E-state index contributed by atoms with van der Waals surface area (Å²) in [4.78, 5) is 19.3. The molecule has 0 saturated heterocycles. The van der Waals surface area contributed by atoms with E-state index in [2.05, 4.69) is 9.97 Å². The highest BCUT2D eigenvalue weighted by molar-refractivity contribution is 7.15. The fraction of sp³-hybridized carbons (Fsp3) is 0.0588. The lowest BCUT2D eigenvalue weighted by Crippen LogP contribution is -2.08. The molecule has 8 heteroatoms. The zero-order valence-electron chi connectivity index (χ0n) is 12.5. The number of carbonyl (C=O) groups is 1. The van der Waals surface area contributed by atoms with E-state index in [4.69, 9.17) is 0 Å². The third-order valence-corrected chi connectivity index (χ3v) is 4.57. The SMILES string of the molecule is O=C(/C=C/c1c(C(F)(F)F)nc2sccn12)c1c[nH]c2ccccc12. The Bertz CT molecular complexity index is 1120. The van der Waals surface area contributed by atoms with Gasteiger partial charge in [0.2, 0.25) is 0 Å². The van der Waals surface area contributed by atoms with Gasteiger partial charge in [0, 0.05) is 34.2 Å².